The van der Waals surface area contributed by atoms with Crippen molar-refractivity contribution in [2.24, 2.45) is 0 Å². The van der Waals surface area contributed by atoms with E-state index >= 15 is 0 Å². The molecule has 0 unspecified atom stereocenters. The Hall–Kier alpha value is -1.24. The number of hydrogen-bond donors (Lipinski definition) is 0. The van der Waals surface area contributed by atoms with E-state index < -0.39 is 0 Å². The van der Waals surface area contributed by atoms with Gasteiger partial charge in [-0.2, -0.15) is 0 Å². The van der Waals surface area contributed by atoms with Gasteiger partial charge in [0.05, 0.1) is 0 Å². The standard InChI is InChI=1S/C16H14N.Ir/c1-12-9-10-13-6-2-3-7-14(13)16(12)15-8-4-5-11-17-15;/h2-6,8,11H,9-10H2,1H3;/q-1;. The van der Waals surface area contributed by atoms with Crippen LogP contribution in [0.3, 0.4) is 0 Å². The molecule has 1 heterocycles. The maximum Gasteiger partial charge on any atom is 0.0294 e. The van der Waals surface area contributed by atoms with Gasteiger partial charge in [-0.3, -0.25) is 4.98 Å². The minimum Gasteiger partial charge on any atom is -0.266 e. The molecule has 0 spiro atoms. The Balaban J connectivity index is 0.00000120. The van der Waals surface area contributed by atoms with E-state index in [0.717, 1.165) is 18.5 Å². The average molecular weight is 413 g/mol. The summed E-state index contributed by atoms with van der Waals surface area (Å²) in [6.45, 7) is 2.20. The van der Waals surface area contributed by atoms with Gasteiger partial charge >= 0.3 is 0 Å². The maximum atomic E-state index is 4.47. The van der Waals surface area contributed by atoms with Crippen LogP contribution in [0.4, 0.5) is 0 Å². The van der Waals surface area contributed by atoms with Crippen molar-refractivity contribution in [2.45, 2.75) is 19.8 Å². The van der Waals surface area contributed by atoms with Gasteiger partial charge < -0.3 is 0 Å². The van der Waals surface area contributed by atoms with Gasteiger partial charge in [0, 0.05) is 32.0 Å². The van der Waals surface area contributed by atoms with Crippen LogP contribution >= 0.6 is 0 Å². The van der Waals surface area contributed by atoms with Gasteiger partial charge in [0.2, 0.25) is 0 Å². The molecule has 0 bridgehead atoms. The van der Waals surface area contributed by atoms with Crippen molar-refractivity contribution in [3.8, 4) is 0 Å². The van der Waals surface area contributed by atoms with Crippen LogP contribution in [0.25, 0.3) is 5.57 Å². The zero-order valence-corrected chi connectivity index (χ0v) is 12.6. The zero-order valence-electron chi connectivity index (χ0n) is 10.2. The molecule has 1 aromatic carbocycles. The number of allylic oxidation sites excluding steroid dienone is 1. The molecular formula is C16H14IrN-. The minimum absolute atomic E-state index is 0. The second kappa shape index (κ2) is 5.60. The van der Waals surface area contributed by atoms with Crippen molar-refractivity contribution < 1.29 is 20.1 Å². The third-order valence-electron chi connectivity index (χ3n) is 3.31. The van der Waals surface area contributed by atoms with Crippen LogP contribution in [0, 0.1) is 6.07 Å². The molecule has 0 fully saturated rings. The van der Waals surface area contributed by atoms with E-state index in [4.69, 9.17) is 0 Å². The van der Waals surface area contributed by atoms with Crippen LogP contribution < -0.4 is 0 Å². The van der Waals surface area contributed by atoms with E-state index in [-0.39, 0.29) is 20.1 Å². The van der Waals surface area contributed by atoms with Crippen molar-refractivity contribution in [3.05, 3.63) is 71.1 Å². The number of aryl methyl sites for hydroxylation is 1. The number of aromatic nitrogens is 1. The van der Waals surface area contributed by atoms with Gasteiger partial charge in [-0.25, -0.2) is 0 Å². The van der Waals surface area contributed by atoms with Crippen LogP contribution in [0.15, 0.2) is 48.2 Å². The Bertz CT molecular complexity index is 573. The number of rotatable bonds is 1. The van der Waals surface area contributed by atoms with Crippen LogP contribution in [-0.2, 0) is 26.5 Å². The molecule has 1 radical (unpaired) electrons. The van der Waals surface area contributed by atoms with Gasteiger partial charge in [-0.15, -0.1) is 41.0 Å². The number of fused-ring (bicyclic) bond motifs is 1. The number of benzene rings is 1. The summed E-state index contributed by atoms with van der Waals surface area (Å²) in [5, 5.41) is 0. The Morgan fingerprint density at radius 3 is 2.78 bits per heavy atom. The van der Waals surface area contributed by atoms with Crippen LogP contribution in [0.1, 0.15) is 30.2 Å². The van der Waals surface area contributed by atoms with Crippen LogP contribution in [0.5, 0.6) is 0 Å². The molecule has 0 atom stereocenters. The minimum atomic E-state index is 0. The molecule has 2 heteroatoms. The van der Waals surface area contributed by atoms with Crippen molar-refractivity contribution in [2.75, 3.05) is 0 Å². The predicted octanol–water partition coefficient (Wildman–Crippen LogP) is 3.65. The summed E-state index contributed by atoms with van der Waals surface area (Å²) >= 11 is 0. The smallest absolute Gasteiger partial charge is 0.0294 e. The molecule has 3 rings (SSSR count). The normalized spacial score (nSPS) is 13.8. The SMILES string of the molecule is CC1=C(c2ccccn2)c2[c-]cccc2CC1.[Ir]. The Labute approximate surface area is 121 Å². The van der Waals surface area contributed by atoms with E-state index in [2.05, 4.69) is 36.2 Å². The molecule has 0 aliphatic heterocycles. The van der Waals surface area contributed by atoms with E-state index in [0.29, 0.717) is 0 Å². The Morgan fingerprint density at radius 1 is 1.11 bits per heavy atom. The second-order valence-electron chi connectivity index (χ2n) is 4.44. The third-order valence-corrected chi connectivity index (χ3v) is 3.31. The molecule has 18 heavy (non-hydrogen) atoms. The predicted molar refractivity (Wildman–Crippen MR) is 69.5 cm³/mol. The van der Waals surface area contributed by atoms with Crippen LogP contribution in [-0.4, -0.2) is 4.98 Å². The molecule has 0 saturated heterocycles. The number of pyridine rings is 1. The fraction of sp³-hybridized carbons (Fsp3) is 0.188. The third kappa shape index (κ3) is 2.31. The summed E-state index contributed by atoms with van der Waals surface area (Å²) in [4.78, 5) is 4.47. The maximum absolute atomic E-state index is 4.47. The van der Waals surface area contributed by atoms with Crippen molar-refractivity contribution in [1.82, 2.24) is 4.98 Å². The summed E-state index contributed by atoms with van der Waals surface area (Å²) in [5.41, 5.74) is 6.37. The van der Waals surface area contributed by atoms with Crippen molar-refractivity contribution in [1.29, 1.82) is 0 Å². The molecule has 1 aromatic heterocycles. The summed E-state index contributed by atoms with van der Waals surface area (Å²) in [5.74, 6) is 0. The van der Waals surface area contributed by atoms with Crippen molar-refractivity contribution >= 4 is 5.57 Å². The van der Waals surface area contributed by atoms with Crippen LogP contribution in [0.2, 0.25) is 0 Å². The number of hydrogen-bond acceptors (Lipinski definition) is 1. The van der Waals surface area contributed by atoms with Gasteiger partial charge in [0.15, 0.2) is 0 Å². The molecule has 0 N–H and O–H groups in total. The van der Waals surface area contributed by atoms with E-state index in [1.807, 2.05) is 24.4 Å². The molecule has 0 saturated carbocycles. The summed E-state index contributed by atoms with van der Waals surface area (Å²) in [6, 6.07) is 15.7. The zero-order chi connectivity index (χ0) is 11.7. The monoisotopic (exact) mass is 413 g/mol. The average Bonchev–Trinajstić information content (AvgIpc) is 2.39. The largest absolute Gasteiger partial charge is 0.266 e. The van der Waals surface area contributed by atoms with Crippen molar-refractivity contribution in [3.63, 3.8) is 0 Å². The molecule has 1 aliphatic carbocycles. The first-order valence-corrected chi connectivity index (χ1v) is 5.97. The first-order valence-electron chi connectivity index (χ1n) is 5.97. The van der Waals surface area contributed by atoms with Gasteiger partial charge in [-0.05, 0) is 18.6 Å². The van der Waals surface area contributed by atoms with Gasteiger partial charge in [-0.1, -0.05) is 25.0 Å². The number of nitrogens with zero attached hydrogens (tertiary/aromatic N) is 1. The molecule has 0 amide bonds. The quantitative estimate of drug-likeness (QED) is 0.652. The fourth-order valence-electron chi connectivity index (χ4n) is 2.43. The molecule has 1 aliphatic rings. The second-order valence-corrected chi connectivity index (χ2v) is 4.44. The summed E-state index contributed by atoms with van der Waals surface area (Å²) < 4.78 is 0. The van der Waals surface area contributed by atoms with E-state index in [1.54, 1.807) is 0 Å². The molecule has 93 valence electrons. The Kier molecular flexibility index (Phi) is 4.11. The van der Waals surface area contributed by atoms with E-state index in [9.17, 15) is 0 Å². The first kappa shape index (κ1) is 13.2. The topological polar surface area (TPSA) is 12.9 Å². The molecular weight excluding hydrogens is 398 g/mol. The summed E-state index contributed by atoms with van der Waals surface area (Å²) in [7, 11) is 0. The van der Waals surface area contributed by atoms with Gasteiger partial charge in [0.1, 0.15) is 0 Å². The van der Waals surface area contributed by atoms with Gasteiger partial charge in [0.25, 0.3) is 0 Å². The van der Waals surface area contributed by atoms with E-state index in [1.165, 1.54) is 22.3 Å². The summed E-state index contributed by atoms with van der Waals surface area (Å²) in [6.07, 6.45) is 4.10. The molecule has 1 nitrogen and oxygen atoms in total. The fourth-order valence-corrected chi connectivity index (χ4v) is 2.43. The Morgan fingerprint density at radius 2 is 2.00 bits per heavy atom. The molecule has 2 aromatic rings. The first-order chi connectivity index (χ1) is 8.36.